The van der Waals surface area contributed by atoms with Gasteiger partial charge in [0.25, 0.3) is 0 Å². The molecule has 0 aromatic carbocycles. The van der Waals surface area contributed by atoms with E-state index in [-0.39, 0.29) is 42.5 Å². The second-order valence-corrected chi connectivity index (χ2v) is 5.98. The van der Waals surface area contributed by atoms with Gasteiger partial charge in [-0.2, -0.15) is 4.99 Å². The van der Waals surface area contributed by atoms with Crippen LogP contribution in [-0.2, 0) is 0 Å². The fraction of sp³-hybridized carbons (Fsp3) is 0.857. The number of aliphatic imine (C=N–C) groups is 1. The number of nitrogens with two attached hydrogens (primary N) is 1. The maximum Gasteiger partial charge on any atom is 0.221 e. The molecule has 0 saturated carbocycles. The van der Waals surface area contributed by atoms with Crippen molar-refractivity contribution in [3.05, 3.63) is 0 Å². The SMILES string of the molecule is CC(C)N(C(=N)N=C(N)N(C(C)C)C(C)C)C(C)C.Cl. The van der Waals surface area contributed by atoms with E-state index >= 15 is 0 Å². The number of nitrogens with zero attached hydrogens (tertiary/aromatic N) is 3. The third kappa shape index (κ3) is 5.99. The molecular weight excluding hydrogens is 274 g/mol. The van der Waals surface area contributed by atoms with Crippen molar-refractivity contribution in [2.24, 2.45) is 10.7 Å². The summed E-state index contributed by atoms with van der Waals surface area (Å²) in [5, 5.41) is 8.14. The maximum absolute atomic E-state index is 8.14. The van der Waals surface area contributed by atoms with Crippen molar-refractivity contribution in [3.8, 4) is 0 Å². The first-order valence-corrected chi connectivity index (χ1v) is 7.08. The smallest absolute Gasteiger partial charge is 0.221 e. The van der Waals surface area contributed by atoms with Crippen LogP contribution in [0, 0.1) is 5.41 Å². The van der Waals surface area contributed by atoms with Crippen molar-refractivity contribution in [1.29, 1.82) is 5.41 Å². The van der Waals surface area contributed by atoms with Crippen LogP contribution in [0.25, 0.3) is 0 Å². The number of hydrogen-bond acceptors (Lipinski definition) is 1. The molecule has 0 unspecified atom stereocenters. The maximum atomic E-state index is 8.14. The predicted octanol–water partition coefficient (Wildman–Crippen LogP) is 2.90. The molecule has 0 bridgehead atoms. The lowest BCUT2D eigenvalue weighted by molar-refractivity contribution is 0.279. The minimum atomic E-state index is 0. The monoisotopic (exact) mass is 305 g/mol. The van der Waals surface area contributed by atoms with E-state index in [0.717, 1.165) is 0 Å². The molecule has 0 aromatic rings. The van der Waals surface area contributed by atoms with E-state index in [0.29, 0.717) is 5.96 Å². The lowest BCUT2D eigenvalue weighted by Gasteiger charge is -2.34. The molecule has 6 heteroatoms. The second kappa shape index (κ2) is 9.06. The highest BCUT2D eigenvalue weighted by molar-refractivity contribution is 5.93. The van der Waals surface area contributed by atoms with E-state index in [1.807, 2.05) is 9.80 Å². The molecule has 20 heavy (non-hydrogen) atoms. The Hall–Kier alpha value is -0.970. The van der Waals surface area contributed by atoms with E-state index in [4.69, 9.17) is 11.1 Å². The molecule has 0 aromatic heterocycles. The van der Waals surface area contributed by atoms with Gasteiger partial charge in [-0.25, -0.2) is 0 Å². The lowest BCUT2D eigenvalue weighted by atomic mass is 10.2. The lowest BCUT2D eigenvalue weighted by Crippen LogP contribution is -2.48. The molecule has 0 rings (SSSR count). The third-order valence-corrected chi connectivity index (χ3v) is 2.95. The first-order valence-electron chi connectivity index (χ1n) is 7.08. The Kier molecular flexibility index (Phi) is 9.66. The molecule has 0 saturated heterocycles. The standard InChI is InChI=1S/C14H31N5.ClH/c1-9(2)18(10(3)4)13(15)17-14(16)19(11(5)6)12(7)8;/h9-12H,1-8H3,(H3,15,16,17);1H. The molecule has 3 N–H and O–H groups in total. The Morgan fingerprint density at radius 3 is 1.35 bits per heavy atom. The van der Waals surface area contributed by atoms with Gasteiger partial charge >= 0.3 is 0 Å². The molecule has 0 fully saturated rings. The van der Waals surface area contributed by atoms with Gasteiger partial charge in [-0.15, -0.1) is 12.4 Å². The van der Waals surface area contributed by atoms with Crippen LogP contribution in [-0.4, -0.2) is 45.9 Å². The number of guanidine groups is 2. The fourth-order valence-corrected chi connectivity index (χ4v) is 2.43. The molecular formula is C14H32ClN5. The molecule has 0 aliphatic carbocycles. The number of halogens is 1. The van der Waals surface area contributed by atoms with Gasteiger partial charge in [0.15, 0.2) is 5.96 Å². The van der Waals surface area contributed by atoms with Crippen LogP contribution < -0.4 is 5.73 Å². The summed E-state index contributed by atoms with van der Waals surface area (Å²) in [6.07, 6.45) is 0. The van der Waals surface area contributed by atoms with Crippen LogP contribution >= 0.6 is 12.4 Å². The summed E-state index contributed by atoms with van der Waals surface area (Å²) in [5.74, 6) is 0.648. The molecule has 0 heterocycles. The third-order valence-electron chi connectivity index (χ3n) is 2.95. The van der Waals surface area contributed by atoms with Crippen molar-refractivity contribution >= 4 is 24.3 Å². The van der Waals surface area contributed by atoms with Gasteiger partial charge in [0, 0.05) is 24.2 Å². The molecule has 0 aliphatic heterocycles. The first kappa shape index (κ1) is 21.3. The Morgan fingerprint density at radius 1 is 0.800 bits per heavy atom. The quantitative estimate of drug-likeness (QED) is 0.620. The van der Waals surface area contributed by atoms with E-state index in [9.17, 15) is 0 Å². The highest BCUT2D eigenvalue weighted by atomic mass is 35.5. The Morgan fingerprint density at radius 2 is 1.10 bits per heavy atom. The normalized spacial score (nSPS) is 12.1. The molecule has 0 atom stereocenters. The summed E-state index contributed by atoms with van der Waals surface area (Å²) < 4.78 is 0. The van der Waals surface area contributed by atoms with E-state index in [2.05, 4.69) is 60.4 Å². The van der Waals surface area contributed by atoms with Gasteiger partial charge < -0.3 is 15.5 Å². The van der Waals surface area contributed by atoms with Gasteiger partial charge in [0.1, 0.15) is 0 Å². The Balaban J connectivity index is 0. The summed E-state index contributed by atoms with van der Waals surface area (Å²) >= 11 is 0. The highest BCUT2D eigenvalue weighted by Gasteiger charge is 2.20. The van der Waals surface area contributed by atoms with Gasteiger partial charge in [-0.1, -0.05) is 0 Å². The van der Waals surface area contributed by atoms with E-state index in [1.165, 1.54) is 0 Å². The molecule has 0 spiro atoms. The van der Waals surface area contributed by atoms with Crippen LogP contribution in [0.5, 0.6) is 0 Å². The second-order valence-electron chi connectivity index (χ2n) is 5.98. The Bertz CT molecular complexity index is 308. The zero-order valence-electron chi connectivity index (χ0n) is 14.1. The summed E-state index contributed by atoms with van der Waals surface area (Å²) in [6.45, 7) is 16.5. The average molecular weight is 306 g/mol. The van der Waals surface area contributed by atoms with Crippen LogP contribution in [0.4, 0.5) is 0 Å². The summed E-state index contributed by atoms with van der Waals surface area (Å²) in [5.41, 5.74) is 6.07. The number of nitrogens with one attached hydrogen (secondary N) is 1. The van der Waals surface area contributed by atoms with Crippen LogP contribution in [0.3, 0.4) is 0 Å². The topological polar surface area (TPSA) is 68.7 Å². The average Bonchev–Trinajstić information content (AvgIpc) is 2.13. The summed E-state index contributed by atoms with van der Waals surface area (Å²) in [4.78, 5) is 8.26. The van der Waals surface area contributed by atoms with Crippen LogP contribution in [0.15, 0.2) is 4.99 Å². The number of hydrogen-bond donors (Lipinski definition) is 2. The van der Waals surface area contributed by atoms with E-state index < -0.39 is 0 Å². The van der Waals surface area contributed by atoms with Crippen molar-refractivity contribution in [3.63, 3.8) is 0 Å². The van der Waals surface area contributed by atoms with Crippen LogP contribution in [0.1, 0.15) is 55.4 Å². The molecule has 0 amide bonds. The summed E-state index contributed by atoms with van der Waals surface area (Å²) in [6, 6.07) is 0.998. The van der Waals surface area contributed by atoms with E-state index in [1.54, 1.807) is 0 Å². The molecule has 0 aliphatic rings. The Labute approximate surface area is 130 Å². The van der Waals surface area contributed by atoms with Gasteiger partial charge in [-0.3, -0.25) is 5.41 Å². The predicted molar refractivity (Wildman–Crippen MR) is 90.8 cm³/mol. The van der Waals surface area contributed by atoms with Crippen molar-refractivity contribution in [2.45, 2.75) is 79.6 Å². The van der Waals surface area contributed by atoms with Crippen LogP contribution in [0.2, 0.25) is 0 Å². The minimum Gasteiger partial charge on any atom is -0.369 e. The number of rotatable bonds is 4. The van der Waals surface area contributed by atoms with Crippen molar-refractivity contribution in [2.75, 3.05) is 0 Å². The van der Waals surface area contributed by atoms with Crippen molar-refractivity contribution < 1.29 is 0 Å². The fourth-order valence-electron chi connectivity index (χ4n) is 2.43. The van der Waals surface area contributed by atoms with Gasteiger partial charge in [0.2, 0.25) is 5.96 Å². The molecule has 5 nitrogen and oxygen atoms in total. The summed E-state index contributed by atoms with van der Waals surface area (Å²) in [7, 11) is 0. The van der Waals surface area contributed by atoms with Gasteiger partial charge in [0.05, 0.1) is 0 Å². The van der Waals surface area contributed by atoms with Crippen molar-refractivity contribution in [1.82, 2.24) is 9.80 Å². The first-order chi connectivity index (χ1) is 8.59. The largest absolute Gasteiger partial charge is 0.369 e. The van der Waals surface area contributed by atoms with Gasteiger partial charge in [-0.05, 0) is 55.4 Å². The molecule has 0 radical (unpaired) electrons. The zero-order valence-corrected chi connectivity index (χ0v) is 15.0. The molecule has 120 valence electrons. The highest BCUT2D eigenvalue weighted by Crippen LogP contribution is 2.09. The zero-order chi connectivity index (χ0) is 15.3. The minimum absolute atomic E-state index is 0.